The van der Waals surface area contributed by atoms with Gasteiger partial charge in [-0.1, -0.05) is 12.1 Å². The molecule has 15 heavy (non-hydrogen) atoms. The molecule has 0 unspecified atom stereocenters. The first-order chi connectivity index (χ1) is 7.06. The molecule has 3 nitrogen and oxygen atoms in total. The van der Waals surface area contributed by atoms with Gasteiger partial charge in [-0.15, -0.1) is 0 Å². The van der Waals surface area contributed by atoms with E-state index in [1.54, 1.807) is 0 Å². The minimum Gasteiger partial charge on any atom is -0.481 e. The zero-order valence-electron chi connectivity index (χ0n) is 9.03. The van der Waals surface area contributed by atoms with Gasteiger partial charge in [-0.25, -0.2) is 0 Å². The SMILES string of the molecule is CN(C)c1cccc(C2(C(=O)O)CC2)c1. The van der Waals surface area contributed by atoms with Crippen LogP contribution in [-0.4, -0.2) is 25.2 Å². The number of anilines is 1. The molecule has 0 aliphatic heterocycles. The molecular weight excluding hydrogens is 190 g/mol. The predicted octanol–water partition coefficient (Wildman–Crippen LogP) is 1.87. The van der Waals surface area contributed by atoms with E-state index in [4.69, 9.17) is 0 Å². The van der Waals surface area contributed by atoms with Crippen LogP contribution in [0.15, 0.2) is 24.3 Å². The summed E-state index contributed by atoms with van der Waals surface area (Å²) in [5.74, 6) is -0.696. The number of benzene rings is 1. The van der Waals surface area contributed by atoms with Crippen LogP contribution in [0.3, 0.4) is 0 Å². The second-order valence-electron chi connectivity index (χ2n) is 4.33. The van der Waals surface area contributed by atoms with Crippen molar-refractivity contribution in [3.05, 3.63) is 29.8 Å². The Morgan fingerprint density at radius 1 is 1.40 bits per heavy atom. The van der Waals surface area contributed by atoms with Gasteiger partial charge in [-0.3, -0.25) is 4.79 Å². The highest BCUT2D eigenvalue weighted by Crippen LogP contribution is 2.48. The van der Waals surface area contributed by atoms with E-state index in [0.717, 1.165) is 24.1 Å². The zero-order valence-corrected chi connectivity index (χ0v) is 9.03. The average Bonchev–Trinajstić information content (AvgIpc) is 2.98. The molecule has 80 valence electrons. The first-order valence-electron chi connectivity index (χ1n) is 5.07. The molecule has 2 rings (SSSR count). The molecule has 1 aromatic rings. The molecule has 1 fully saturated rings. The third-order valence-electron chi connectivity index (χ3n) is 3.07. The Kier molecular flexibility index (Phi) is 2.18. The van der Waals surface area contributed by atoms with Crippen molar-refractivity contribution in [1.82, 2.24) is 0 Å². The number of hydrogen-bond donors (Lipinski definition) is 1. The average molecular weight is 205 g/mol. The largest absolute Gasteiger partial charge is 0.481 e. The normalized spacial score (nSPS) is 17.2. The van der Waals surface area contributed by atoms with E-state index >= 15 is 0 Å². The second-order valence-corrected chi connectivity index (χ2v) is 4.33. The van der Waals surface area contributed by atoms with E-state index in [2.05, 4.69) is 0 Å². The first kappa shape index (κ1) is 10.0. The number of carboxylic acid groups (broad SMARTS) is 1. The monoisotopic (exact) mass is 205 g/mol. The first-order valence-corrected chi connectivity index (χ1v) is 5.07. The Hall–Kier alpha value is -1.51. The van der Waals surface area contributed by atoms with Gasteiger partial charge in [-0.2, -0.15) is 0 Å². The van der Waals surface area contributed by atoms with Crippen molar-refractivity contribution in [3.63, 3.8) is 0 Å². The summed E-state index contributed by atoms with van der Waals surface area (Å²) in [5.41, 5.74) is 1.40. The Labute approximate surface area is 89.3 Å². The standard InChI is InChI=1S/C12H15NO2/c1-13(2)10-5-3-4-9(8-10)12(6-7-12)11(14)15/h3-5,8H,6-7H2,1-2H3,(H,14,15). The number of nitrogens with zero attached hydrogens (tertiary/aromatic N) is 1. The van der Waals surface area contributed by atoms with Gasteiger partial charge in [-0.05, 0) is 30.5 Å². The van der Waals surface area contributed by atoms with Gasteiger partial charge in [0.15, 0.2) is 0 Å². The van der Waals surface area contributed by atoms with Crippen molar-refractivity contribution >= 4 is 11.7 Å². The lowest BCUT2D eigenvalue weighted by Crippen LogP contribution is -2.20. The van der Waals surface area contributed by atoms with Crippen LogP contribution in [0.5, 0.6) is 0 Å². The molecule has 0 atom stereocenters. The van der Waals surface area contributed by atoms with Gasteiger partial charge in [0, 0.05) is 19.8 Å². The molecule has 1 aliphatic carbocycles. The Balaban J connectivity index is 2.37. The number of hydrogen-bond acceptors (Lipinski definition) is 2. The summed E-state index contributed by atoms with van der Waals surface area (Å²) in [6.45, 7) is 0. The molecule has 1 aliphatic rings. The minimum atomic E-state index is -0.696. The lowest BCUT2D eigenvalue weighted by molar-refractivity contribution is -0.140. The Morgan fingerprint density at radius 3 is 2.53 bits per heavy atom. The summed E-state index contributed by atoms with van der Waals surface area (Å²) in [6, 6.07) is 7.80. The number of rotatable bonds is 3. The molecule has 1 saturated carbocycles. The fourth-order valence-electron chi connectivity index (χ4n) is 1.83. The lowest BCUT2D eigenvalue weighted by atomic mass is 9.96. The molecular formula is C12H15NO2. The van der Waals surface area contributed by atoms with Crippen LogP contribution in [-0.2, 0) is 10.2 Å². The Morgan fingerprint density at radius 2 is 2.07 bits per heavy atom. The van der Waals surface area contributed by atoms with Crippen LogP contribution in [0.2, 0.25) is 0 Å². The smallest absolute Gasteiger partial charge is 0.314 e. The number of carboxylic acids is 1. The van der Waals surface area contributed by atoms with E-state index in [-0.39, 0.29) is 0 Å². The van der Waals surface area contributed by atoms with Crippen LogP contribution in [0.25, 0.3) is 0 Å². The summed E-state index contributed by atoms with van der Waals surface area (Å²) >= 11 is 0. The fourth-order valence-corrected chi connectivity index (χ4v) is 1.83. The molecule has 1 aromatic carbocycles. The molecule has 3 heteroatoms. The summed E-state index contributed by atoms with van der Waals surface area (Å²) in [6.07, 6.45) is 1.53. The minimum absolute atomic E-state index is 0.591. The molecule has 0 bridgehead atoms. The van der Waals surface area contributed by atoms with Crippen molar-refractivity contribution in [3.8, 4) is 0 Å². The molecule has 0 aromatic heterocycles. The van der Waals surface area contributed by atoms with Crippen molar-refractivity contribution in [2.45, 2.75) is 18.3 Å². The third-order valence-corrected chi connectivity index (χ3v) is 3.07. The van der Waals surface area contributed by atoms with E-state index < -0.39 is 11.4 Å². The van der Waals surface area contributed by atoms with Crippen molar-refractivity contribution in [2.24, 2.45) is 0 Å². The molecule has 0 heterocycles. The van der Waals surface area contributed by atoms with Crippen molar-refractivity contribution in [2.75, 3.05) is 19.0 Å². The van der Waals surface area contributed by atoms with Gasteiger partial charge < -0.3 is 10.0 Å². The van der Waals surface area contributed by atoms with Gasteiger partial charge >= 0.3 is 5.97 Å². The maximum atomic E-state index is 11.2. The summed E-state index contributed by atoms with van der Waals surface area (Å²) in [5, 5.41) is 9.17. The van der Waals surface area contributed by atoms with Gasteiger partial charge in [0.1, 0.15) is 0 Å². The van der Waals surface area contributed by atoms with Gasteiger partial charge in [0.25, 0.3) is 0 Å². The van der Waals surface area contributed by atoms with Crippen LogP contribution < -0.4 is 4.90 Å². The van der Waals surface area contributed by atoms with Crippen LogP contribution in [0, 0.1) is 0 Å². The Bertz CT molecular complexity index is 394. The lowest BCUT2D eigenvalue weighted by Gasteiger charge is -2.16. The van der Waals surface area contributed by atoms with Crippen molar-refractivity contribution in [1.29, 1.82) is 0 Å². The van der Waals surface area contributed by atoms with Crippen LogP contribution in [0.4, 0.5) is 5.69 Å². The van der Waals surface area contributed by atoms with Crippen molar-refractivity contribution < 1.29 is 9.90 Å². The van der Waals surface area contributed by atoms with E-state index in [1.807, 2.05) is 43.3 Å². The van der Waals surface area contributed by atoms with Gasteiger partial charge in [0.05, 0.1) is 5.41 Å². The maximum Gasteiger partial charge on any atom is 0.314 e. The molecule has 0 amide bonds. The topological polar surface area (TPSA) is 40.5 Å². The number of aliphatic carboxylic acids is 1. The van der Waals surface area contributed by atoms with Crippen LogP contribution >= 0.6 is 0 Å². The van der Waals surface area contributed by atoms with E-state index in [9.17, 15) is 9.90 Å². The highest BCUT2D eigenvalue weighted by molar-refractivity contribution is 5.85. The third kappa shape index (κ3) is 1.58. The maximum absolute atomic E-state index is 11.2. The van der Waals surface area contributed by atoms with E-state index in [0.29, 0.717) is 0 Å². The highest BCUT2D eigenvalue weighted by atomic mass is 16.4. The summed E-state index contributed by atoms with van der Waals surface area (Å²) < 4.78 is 0. The summed E-state index contributed by atoms with van der Waals surface area (Å²) in [4.78, 5) is 13.1. The highest BCUT2D eigenvalue weighted by Gasteiger charge is 2.51. The van der Waals surface area contributed by atoms with Gasteiger partial charge in [0.2, 0.25) is 0 Å². The molecule has 0 saturated heterocycles. The zero-order chi connectivity index (χ0) is 11.1. The predicted molar refractivity (Wildman–Crippen MR) is 59.3 cm³/mol. The van der Waals surface area contributed by atoms with E-state index in [1.165, 1.54) is 0 Å². The van der Waals surface area contributed by atoms with Crippen LogP contribution in [0.1, 0.15) is 18.4 Å². The second kappa shape index (κ2) is 3.26. The molecule has 0 radical (unpaired) electrons. The molecule has 0 spiro atoms. The number of carbonyl (C=O) groups is 1. The summed E-state index contributed by atoms with van der Waals surface area (Å²) in [7, 11) is 3.92. The fraction of sp³-hybridized carbons (Fsp3) is 0.417. The molecule has 1 N–H and O–H groups in total. The quantitative estimate of drug-likeness (QED) is 0.819.